The van der Waals surface area contributed by atoms with E-state index < -0.39 is 0 Å². The molecule has 0 spiro atoms. The molecule has 2 rings (SSSR count). The summed E-state index contributed by atoms with van der Waals surface area (Å²) in [4.78, 5) is 0. The van der Waals surface area contributed by atoms with E-state index >= 15 is 0 Å². The van der Waals surface area contributed by atoms with Gasteiger partial charge in [0.1, 0.15) is 0 Å². The van der Waals surface area contributed by atoms with Crippen LogP contribution in [-0.4, -0.2) is 21.0 Å². The molecular weight excluding hydrogens is 164 g/mol. The fraction of sp³-hybridized carbons (Fsp3) is 0.778. The molecule has 4 heteroatoms. The average molecular weight is 180 g/mol. The Balaban J connectivity index is 1.97. The summed E-state index contributed by atoms with van der Waals surface area (Å²) in [5, 5.41) is 7.98. The van der Waals surface area contributed by atoms with Crippen molar-refractivity contribution in [3.63, 3.8) is 0 Å². The zero-order valence-electron chi connectivity index (χ0n) is 7.98. The lowest BCUT2D eigenvalue weighted by atomic mass is 9.99. The van der Waals surface area contributed by atoms with Crippen molar-refractivity contribution < 1.29 is 0 Å². The van der Waals surface area contributed by atoms with Crippen LogP contribution in [0, 0.1) is 5.92 Å². The summed E-state index contributed by atoms with van der Waals surface area (Å²) in [7, 11) is 1.89. The van der Waals surface area contributed by atoms with Crippen molar-refractivity contribution in [1.29, 1.82) is 0 Å². The van der Waals surface area contributed by atoms with E-state index in [4.69, 9.17) is 5.73 Å². The Hall–Kier alpha value is -0.900. The highest BCUT2D eigenvalue weighted by molar-refractivity contribution is 4.97. The number of nitrogens with zero attached hydrogens (tertiary/aromatic N) is 3. The smallest absolute Gasteiger partial charge is 0.0830 e. The number of rotatable bonds is 2. The van der Waals surface area contributed by atoms with Gasteiger partial charge in [-0.05, 0) is 25.2 Å². The molecule has 0 aromatic carbocycles. The Labute approximate surface area is 78.1 Å². The Morgan fingerprint density at radius 3 is 3.00 bits per heavy atom. The van der Waals surface area contributed by atoms with E-state index in [1.54, 1.807) is 4.68 Å². The first kappa shape index (κ1) is 8.69. The first-order valence-corrected chi connectivity index (χ1v) is 4.86. The van der Waals surface area contributed by atoms with Crippen LogP contribution in [0.1, 0.15) is 25.0 Å². The highest BCUT2D eigenvalue weighted by Crippen LogP contribution is 2.26. The summed E-state index contributed by atoms with van der Waals surface area (Å²) in [5.41, 5.74) is 7.05. The molecule has 2 atom stereocenters. The summed E-state index contributed by atoms with van der Waals surface area (Å²) < 4.78 is 1.75. The minimum Gasteiger partial charge on any atom is -0.327 e. The number of nitrogens with two attached hydrogens (primary N) is 1. The van der Waals surface area contributed by atoms with Gasteiger partial charge in [0.15, 0.2) is 0 Å². The molecule has 1 aliphatic carbocycles. The largest absolute Gasteiger partial charge is 0.327 e. The fourth-order valence-corrected chi connectivity index (χ4v) is 2.08. The van der Waals surface area contributed by atoms with E-state index in [0.29, 0.717) is 12.0 Å². The zero-order valence-corrected chi connectivity index (χ0v) is 7.98. The quantitative estimate of drug-likeness (QED) is 0.720. The Morgan fingerprint density at radius 1 is 1.62 bits per heavy atom. The van der Waals surface area contributed by atoms with Gasteiger partial charge in [0.05, 0.1) is 5.69 Å². The van der Waals surface area contributed by atoms with Crippen molar-refractivity contribution in [2.24, 2.45) is 18.7 Å². The second-order valence-corrected chi connectivity index (χ2v) is 3.94. The van der Waals surface area contributed by atoms with Gasteiger partial charge in [0.25, 0.3) is 0 Å². The van der Waals surface area contributed by atoms with Crippen LogP contribution < -0.4 is 5.73 Å². The summed E-state index contributed by atoms with van der Waals surface area (Å²) >= 11 is 0. The van der Waals surface area contributed by atoms with Crippen molar-refractivity contribution >= 4 is 0 Å². The number of aryl methyl sites for hydroxylation is 1. The van der Waals surface area contributed by atoms with Crippen LogP contribution in [0.3, 0.4) is 0 Å². The van der Waals surface area contributed by atoms with E-state index in [9.17, 15) is 0 Å². The van der Waals surface area contributed by atoms with E-state index in [2.05, 4.69) is 10.3 Å². The normalized spacial score (nSPS) is 28.2. The van der Waals surface area contributed by atoms with Gasteiger partial charge in [0.2, 0.25) is 0 Å². The van der Waals surface area contributed by atoms with Crippen LogP contribution in [0.2, 0.25) is 0 Å². The van der Waals surface area contributed by atoms with E-state index in [1.165, 1.54) is 19.3 Å². The maximum Gasteiger partial charge on any atom is 0.0830 e. The minimum atomic E-state index is 0.377. The molecule has 4 nitrogen and oxygen atoms in total. The Bertz CT molecular complexity index is 281. The molecule has 1 heterocycles. The molecule has 0 radical (unpaired) electrons. The molecule has 0 aliphatic heterocycles. The predicted octanol–water partition coefficient (Wildman–Crippen LogP) is 0.485. The zero-order chi connectivity index (χ0) is 9.26. The average Bonchev–Trinajstić information content (AvgIpc) is 2.64. The molecule has 1 saturated carbocycles. The predicted molar refractivity (Wildman–Crippen MR) is 50.0 cm³/mol. The highest BCUT2D eigenvalue weighted by Gasteiger charge is 2.24. The summed E-state index contributed by atoms with van der Waals surface area (Å²) in [5.74, 6) is 0.622. The molecule has 1 aromatic rings. The molecule has 2 unspecified atom stereocenters. The third-order valence-corrected chi connectivity index (χ3v) is 2.84. The van der Waals surface area contributed by atoms with Crippen molar-refractivity contribution in [2.75, 3.05) is 0 Å². The molecular formula is C9H16N4. The number of hydrogen-bond donors (Lipinski definition) is 1. The van der Waals surface area contributed by atoms with Crippen LogP contribution in [0.15, 0.2) is 6.20 Å². The summed E-state index contributed by atoms with van der Waals surface area (Å²) in [6, 6.07) is 0.377. The lowest BCUT2D eigenvalue weighted by molar-refractivity contribution is 0.473. The molecule has 13 heavy (non-hydrogen) atoms. The second-order valence-electron chi connectivity index (χ2n) is 3.94. The van der Waals surface area contributed by atoms with Gasteiger partial charge in [-0.2, -0.15) is 0 Å². The van der Waals surface area contributed by atoms with E-state index in [1.807, 2.05) is 13.2 Å². The number of hydrogen-bond acceptors (Lipinski definition) is 3. The van der Waals surface area contributed by atoms with Gasteiger partial charge < -0.3 is 5.73 Å². The van der Waals surface area contributed by atoms with Gasteiger partial charge in [-0.25, -0.2) is 0 Å². The standard InChI is InChI=1S/C9H16N4/c1-13-6-8(11-12-13)5-7-3-2-4-9(7)10/h6-7,9H,2-5,10H2,1H3. The Morgan fingerprint density at radius 2 is 2.46 bits per heavy atom. The van der Waals surface area contributed by atoms with Gasteiger partial charge in [-0.15, -0.1) is 5.10 Å². The van der Waals surface area contributed by atoms with Gasteiger partial charge in [-0.3, -0.25) is 4.68 Å². The van der Waals surface area contributed by atoms with Crippen LogP contribution in [0.5, 0.6) is 0 Å². The van der Waals surface area contributed by atoms with Crippen LogP contribution in [-0.2, 0) is 13.5 Å². The van der Waals surface area contributed by atoms with E-state index in [-0.39, 0.29) is 0 Å². The third-order valence-electron chi connectivity index (χ3n) is 2.84. The first-order chi connectivity index (χ1) is 6.25. The molecule has 0 saturated heterocycles. The van der Waals surface area contributed by atoms with Gasteiger partial charge in [-0.1, -0.05) is 11.6 Å². The van der Waals surface area contributed by atoms with Crippen molar-refractivity contribution in [3.05, 3.63) is 11.9 Å². The van der Waals surface area contributed by atoms with Crippen molar-refractivity contribution in [2.45, 2.75) is 31.7 Å². The second kappa shape index (κ2) is 3.46. The van der Waals surface area contributed by atoms with E-state index in [0.717, 1.165) is 12.1 Å². The van der Waals surface area contributed by atoms with Crippen LogP contribution >= 0.6 is 0 Å². The van der Waals surface area contributed by atoms with Gasteiger partial charge >= 0.3 is 0 Å². The number of aromatic nitrogens is 3. The first-order valence-electron chi connectivity index (χ1n) is 4.86. The SMILES string of the molecule is Cn1cc(CC2CCCC2N)nn1. The molecule has 1 fully saturated rings. The van der Waals surface area contributed by atoms with Crippen LogP contribution in [0.25, 0.3) is 0 Å². The summed E-state index contributed by atoms with van der Waals surface area (Å²) in [6.45, 7) is 0. The molecule has 2 N–H and O–H groups in total. The molecule has 1 aromatic heterocycles. The maximum atomic E-state index is 5.98. The molecule has 0 bridgehead atoms. The fourth-order valence-electron chi connectivity index (χ4n) is 2.08. The van der Waals surface area contributed by atoms with Crippen LogP contribution in [0.4, 0.5) is 0 Å². The lowest BCUT2D eigenvalue weighted by Crippen LogP contribution is -2.25. The molecule has 1 aliphatic rings. The molecule has 72 valence electrons. The topological polar surface area (TPSA) is 56.7 Å². The monoisotopic (exact) mass is 180 g/mol. The van der Waals surface area contributed by atoms with Gasteiger partial charge in [0, 0.05) is 19.3 Å². The lowest BCUT2D eigenvalue weighted by Gasteiger charge is -2.12. The molecule has 0 amide bonds. The maximum absolute atomic E-state index is 5.98. The third kappa shape index (κ3) is 1.88. The summed E-state index contributed by atoms with van der Waals surface area (Å²) in [6.07, 6.45) is 6.66. The highest BCUT2D eigenvalue weighted by atomic mass is 15.4. The minimum absolute atomic E-state index is 0.377. The Kier molecular flexibility index (Phi) is 2.31. The van der Waals surface area contributed by atoms with Crippen molar-refractivity contribution in [3.8, 4) is 0 Å². The van der Waals surface area contributed by atoms with Crippen molar-refractivity contribution in [1.82, 2.24) is 15.0 Å².